The molecule has 2 aliphatic rings. The first-order valence-electron chi connectivity index (χ1n) is 8.55. The van der Waals surface area contributed by atoms with Crippen molar-refractivity contribution in [3.8, 4) is 0 Å². The zero-order valence-corrected chi connectivity index (χ0v) is 14.3. The number of amides is 2. The van der Waals surface area contributed by atoms with Crippen LogP contribution in [-0.2, 0) is 11.8 Å². The number of carbonyl (C=O) groups is 2. The van der Waals surface area contributed by atoms with Gasteiger partial charge in [0.15, 0.2) is 0 Å². The summed E-state index contributed by atoms with van der Waals surface area (Å²) in [5.74, 6) is -0.0889. The highest BCUT2D eigenvalue weighted by Gasteiger charge is 2.46. The molecule has 126 valence electrons. The van der Waals surface area contributed by atoms with Gasteiger partial charge in [-0.05, 0) is 39.5 Å². The summed E-state index contributed by atoms with van der Waals surface area (Å²) in [6.07, 6.45) is 7.79. The van der Waals surface area contributed by atoms with Crippen LogP contribution in [0, 0.1) is 6.92 Å². The Bertz CT molecular complexity index is 618. The third-order valence-electron chi connectivity index (χ3n) is 5.31. The number of hydrogen-bond acceptors (Lipinski definition) is 3. The summed E-state index contributed by atoms with van der Waals surface area (Å²) in [6.45, 7) is 4.36. The van der Waals surface area contributed by atoms with Crippen molar-refractivity contribution in [2.45, 2.75) is 64.0 Å². The maximum atomic E-state index is 12.9. The van der Waals surface area contributed by atoms with Crippen molar-refractivity contribution in [1.82, 2.24) is 20.0 Å². The number of aromatic nitrogens is 2. The van der Waals surface area contributed by atoms with E-state index in [4.69, 9.17) is 0 Å². The van der Waals surface area contributed by atoms with E-state index in [1.807, 2.05) is 13.8 Å². The fraction of sp³-hybridized carbons (Fsp3) is 0.706. The van der Waals surface area contributed by atoms with Crippen molar-refractivity contribution in [3.05, 3.63) is 17.5 Å². The number of rotatable bonds is 3. The Morgan fingerprint density at radius 3 is 2.61 bits per heavy atom. The monoisotopic (exact) mass is 318 g/mol. The smallest absolute Gasteiger partial charge is 0.258 e. The van der Waals surface area contributed by atoms with Gasteiger partial charge in [-0.15, -0.1) is 0 Å². The molecule has 2 heterocycles. The first kappa shape index (κ1) is 16.0. The number of nitrogens with one attached hydrogen (secondary N) is 1. The van der Waals surface area contributed by atoms with Crippen LogP contribution in [0.25, 0.3) is 0 Å². The summed E-state index contributed by atoms with van der Waals surface area (Å²) in [7, 11) is 1.81. The van der Waals surface area contributed by atoms with Crippen molar-refractivity contribution < 1.29 is 9.59 Å². The Morgan fingerprint density at radius 2 is 2.00 bits per heavy atom. The summed E-state index contributed by atoms with van der Waals surface area (Å²) >= 11 is 0. The highest BCUT2D eigenvalue weighted by atomic mass is 16.2. The molecule has 1 saturated heterocycles. The molecule has 3 rings (SSSR count). The molecular formula is C17H26N4O2. The Morgan fingerprint density at radius 1 is 1.30 bits per heavy atom. The minimum atomic E-state index is -0.748. The minimum absolute atomic E-state index is 0.00297. The third kappa shape index (κ3) is 2.86. The lowest BCUT2D eigenvalue weighted by molar-refractivity contribution is -0.130. The van der Waals surface area contributed by atoms with E-state index in [1.165, 1.54) is 12.8 Å². The lowest BCUT2D eigenvalue weighted by atomic mass is 9.96. The maximum Gasteiger partial charge on any atom is 0.258 e. The molecule has 0 bridgehead atoms. The number of nitrogens with zero attached hydrogens (tertiary/aromatic N) is 3. The van der Waals surface area contributed by atoms with E-state index in [1.54, 1.807) is 22.8 Å². The molecule has 0 radical (unpaired) electrons. The molecule has 6 nitrogen and oxygen atoms in total. The molecule has 1 saturated carbocycles. The van der Waals surface area contributed by atoms with Gasteiger partial charge in [0.25, 0.3) is 5.91 Å². The largest absolute Gasteiger partial charge is 0.351 e. The van der Waals surface area contributed by atoms with E-state index in [-0.39, 0.29) is 17.9 Å². The van der Waals surface area contributed by atoms with Gasteiger partial charge in [-0.25, -0.2) is 0 Å². The molecule has 23 heavy (non-hydrogen) atoms. The third-order valence-corrected chi connectivity index (χ3v) is 5.31. The van der Waals surface area contributed by atoms with E-state index >= 15 is 0 Å². The van der Waals surface area contributed by atoms with Crippen molar-refractivity contribution in [3.63, 3.8) is 0 Å². The quantitative estimate of drug-likeness (QED) is 0.924. The molecule has 0 unspecified atom stereocenters. The molecule has 2 amide bonds. The van der Waals surface area contributed by atoms with Gasteiger partial charge in [-0.1, -0.05) is 12.8 Å². The normalized spacial score (nSPS) is 25.1. The molecule has 0 spiro atoms. The summed E-state index contributed by atoms with van der Waals surface area (Å²) in [6, 6.07) is 0.275. The SMILES string of the molecule is Cc1nn(C)cc1C(=O)N1CCC[C@@]1(C)C(=O)NC1CCCC1. The number of hydrogen-bond donors (Lipinski definition) is 1. The summed E-state index contributed by atoms with van der Waals surface area (Å²) in [5, 5.41) is 7.41. The van der Waals surface area contributed by atoms with Crippen LogP contribution in [0.5, 0.6) is 0 Å². The second-order valence-electron chi connectivity index (χ2n) is 7.09. The zero-order valence-electron chi connectivity index (χ0n) is 14.3. The Balaban J connectivity index is 1.79. The van der Waals surface area contributed by atoms with E-state index in [0.717, 1.165) is 25.7 Å². The Kier molecular flexibility index (Phi) is 4.17. The van der Waals surface area contributed by atoms with Gasteiger partial charge in [-0.3, -0.25) is 14.3 Å². The molecule has 6 heteroatoms. The molecule has 1 N–H and O–H groups in total. The average Bonchev–Trinajstić information content (AvgIpc) is 3.20. The van der Waals surface area contributed by atoms with Crippen LogP contribution in [0.3, 0.4) is 0 Å². The second-order valence-corrected chi connectivity index (χ2v) is 7.09. The fourth-order valence-corrected chi connectivity index (χ4v) is 3.89. The topological polar surface area (TPSA) is 67.2 Å². The molecule has 1 aromatic heterocycles. The van der Waals surface area contributed by atoms with Crippen LogP contribution in [0.4, 0.5) is 0 Å². The number of carbonyl (C=O) groups excluding carboxylic acids is 2. The van der Waals surface area contributed by atoms with Crippen LogP contribution in [-0.4, -0.2) is 44.6 Å². The van der Waals surface area contributed by atoms with Crippen LogP contribution in [0.2, 0.25) is 0 Å². The molecular weight excluding hydrogens is 292 g/mol. The summed E-state index contributed by atoms with van der Waals surface area (Å²) < 4.78 is 1.65. The first-order valence-corrected chi connectivity index (χ1v) is 8.55. The van der Waals surface area contributed by atoms with Crippen molar-refractivity contribution >= 4 is 11.8 Å². The summed E-state index contributed by atoms with van der Waals surface area (Å²) in [5.41, 5.74) is 0.555. The van der Waals surface area contributed by atoms with Crippen molar-refractivity contribution in [2.24, 2.45) is 7.05 Å². The predicted molar refractivity (Wildman–Crippen MR) is 87.0 cm³/mol. The van der Waals surface area contributed by atoms with Crippen LogP contribution < -0.4 is 5.32 Å². The van der Waals surface area contributed by atoms with Crippen molar-refractivity contribution in [2.75, 3.05) is 6.54 Å². The van der Waals surface area contributed by atoms with E-state index in [9.17, 15) is 9.59 Å². The Hall–Kier alpha value is -1.85. The lowest BCUT2D eigenvalue weighted by Gasteiger charge is -2.34. The lowest BCUT2D eigenvalue weighted by Crippen LogP contribution is -2.57. The maximum absolute atomic E-state index is 12.9. The van der Waals surface area contributed by atoms with Gasteiger partial charge in [-0.2, -0.15) is 5.10 Å². The molecule has 1 aromatic rings. The van der Waals surface area contributed by atoms with Gasteiger partial charge in [0.05, 0.1) is 11.3 Å². The van der Waals surface area contributed by atoms with Gasteiger partial charge in [0, 0.05) is 25.8 Å². The molecule has 0 aromatic carbocycles. The standard InChI is InChI=1S/C17H26N4O2/c1-12-14(11-20(3)19-12)15(22)21-10-6-9-17(21,2)16(23)18-13-7-4-5-8-13/h11,13H,4-10H2,1-3H3,(H,18,23)/t17-/m0/s1. The molecule has 1 aliphatic carbocycles. The van der Waals surface area contributed by atoms with Crippen LogP contribution in [0.15, 0.2) is 6.20 Å². The van der Waals surface area contributed by atoms with Crippen LogP contribution >= 0.6 is 0 Å². The number of aryl methyl sites for hydroxylation is 2. The van der Waals surface area contributed by atoms with Gasteiger partial charge < -0.3 is 10.2 Å². The molecule has 2 fully saturated rings. The van der Waals surface area contributed by atoms with E-state index in [0.29, 0.717) is 17.8 Å². The summed E-state index contributed by atoms with van der Waals surface area (Å²) in [4.78, 5) is 27.5. The highest BCUT2D eigenvalue weighted by molar-refractivity contribution is 6.00. The predicted octanol–water partition coefficient (Wildman–Crippen LogP) is 1.78. The van der Waals surface area contributed by atoms with Crippen molar-refractivity contribution in [1.29, 1.82) is 0 Å². The Labute approximate surface area is 137 Å². The zero-order chi connectivity index (χ0) is 16.6. The van der Waals surface area contributed by atoms with Gasteiger partial charge in [0.1, 0.15) is 5.54 Å². The first-order chi connectivity index (χ1) is 10.9. The average molecular weight is 318 g/mol. The van der Waals surface area contributed by atoms with Crippen LogP contribution in [0.1, 0.15) is 61.5 Å². The van der Waals surface area contributed by atoms with Gasteiger partial charge >= 0.3 is 0 Å². The minimum Gasteiger partial charge on any atom is -0.351 e. The van der Waals surface area contributed by atoms with E-state index < -0.39 is 5.54 Å². The molecule has 1 aliphatic heterocycles. The second kappa shape index (κ2) is 5.98. The fourth-order valence-electron chi connectivity index (χ4n) is 3.89. The molecule has 1 atom stereocenters. The van der Waals surface area contributed by atoms with E-state index in [2.05, 4.69) is 10.4 Å². The highest BCUT2D eigenvalue weighted by Crippen LogP contribution is 2.32. The van der Waals surface area contributed by atoms with Gasteiger partial charge in [0.2, 0.25) is 5.91 Å². The number of likely N-dealkylation sites (tertiary alicyclic amines) is 1.